The molecule has 2 N–H and O–H groups in total. The zero-order valence-electron chi connectivity index (χ0n) is 14.3. The average Bonchev–Trinajstić information content (AvgIpc) is 3.10. The summed E-state index contributed by atoms with van der Waals surface area (Å²) in [6, 6.07) is 7.25. The SMILES string of the molecule is CC(C)(C)OC(=O)n1ccc2ccc(C(=O)N3CCC(N)C3)cc21. The molecule has 0 spiro atoms. The molecule has 3 rings (SSSR count). The van der Waals surface area contributed by atoms with E-state index in [0.29, 0.717) is 24.2 Å². The molecule has 0 radical (unpaired) electrons. The van der Waals surface area contributed by atoms with Crippen LogP contribution in [-0.2, 0) is 4.74 Å². The van der Waals surface area contributed by atoms with Gasteiger partial charge in [-0.3, -0.25) is 9.36 Å². The molecule has 0 aliphatic carbocycles. The first-order valence-electron chi connectivity index (χ1n) is 8.14. The third kappa shape index (κ3) is 3.28. The van der Waals surface area contributed by atoms with E-state index in [1.165, 1.54) is 4.57 Å². The fourth-order valence-electron chi connectivity index (χ4n) is 2.89. The van der Waals surface area contributed by atoms with Crippen molar-refractivity contribution in [3.8, 4) is 0 Å². The van der Waals surface area contributed by atoms with Crippen LogP contribution in [0.5, 0.6) is 0 Å². The third-order valence-corrected chi connectivity index (χ3v) is 4.04. The monoisotopic (exact) mass is 329 g/mol. The number of aromatic nitrogens is 1. The highest BCUT2D eigenvalue weighted by Crippen LogP contribution is 2.21. The molecule has 1 aromatic heterocycles. The highest BCUT2D eigenvalue weighted by atomic mass is 16.6. The summed E-state index contributed by atoms with van der Waals surface area (Å²) in [4.78, 5) is 26.7. The Bertz CT molecular complexity index is 788. The van der Waals surface area contributed by atoms with Gasteiger partial charge in [0, 0.05) is 36.3 Å². The van der Waals surface area contributed by atoms with Gasteiger partial charge in [0.05, 0.1) is 5.52 Å². The maximum Gasteiger partial charge on any atom is 0.418 e. The van der Waals surface area contributed by atoms with Crippen LogP contribution in [0.1, 0.15) is 37.6 Å². The van der Waals surface area contributed by atoms with Gasteiger partial charge in [-0.05, 0) is 45.4 Å². The van der Waals surface area contributed by atoms with Gasteiger partial charge in [-0.2, -0.15) is 0 Å². The molecule has 128 valence electrons. The number of amides is 1. The van der Waals surface area contributed by atoms with E-state index in [0.717, 1.165) is 11.8 Å². The molecule has 1 unspecified atom stereocenters. The number of fused-ring (bicyclic) bond motifs is 1. The summed E-state index contributed by atoms with van der Waals surface area (Å²) in [6.45, 7) is 6.71. The van der Waals surface area contributed by atoms with Crippen LogP contribution in [0.3, 0.4) is 0 Å². The molecule has 1 aromatic carbocycles. The lowest BCUT2D eigenvalue weighted by atomic mass is 10.1. The molecule has 1 aliphatic rings. The number of carbonyl (C=O) groups excluding carboxylic acids is 2. The number of benzene rings is 1. The molecule has 1 aliphatic heterocycles. The Morgan fingerprint density at radius 1 is 1.25 bits per heavy atom. The minimum Gasteiger partial charge on any atom is -0.443 e. The lowest BCUT2D eigenvalue weighted by Gasteiger charge is -2.20. The van der Waals surface area contributed by atoms with E-state index in [1.54, 1.807) is 23.2 Å². The second kappa shape index (κ2) is 5.94. The van der Waals surface area contributed by atoms with E-state index in [4.69, 9.17) is 10.5 Å². The number of ether oxygens (including phenoxy) is 1. The predicted molar refractivity (Wildman–Crippen MR) is 92.1 cm³/mol. The quantitative estimate of drug-likeness (QED) is 0.872. The highest BCUT2D eigenvalue weighted by Gasteiger charge is 2.25. The summed E-state index contributed by atoms with van der Waals surface area (Å²) in [5.41, 5.74) is 6.52. The zero-order chi connectivity index (χ0) is 17.5. The Hall–Kier alpha value is -2.34. The predicted octanol–water partition coefficient (Wildman–Crippen LogP) is 2.60. The molecule has 2 aromatic rings. The topological polar surface area (TPSA) is 77.6 Å². The molecule has 2 heterocycles. The van der Waals surface area contributed by atoms with E-state index < -0.39 is 11.7 Å². The first-order chi connectivity index (χ1) is 11.2. The van der Waals surface area contributed by atoms with Crippen molar-refractivity contribution in [1.29, 1.82) is 0 Å². The molecular weight excluding hydrogens is 306 g/mol. The molecular formula is C18H23N3O3. The smallest absolute Gasteiger partial charge is 0.418 e. The van der Waals surface area contributed by atoms with Gasteiger partial charge in [-0.25, -0.2) is 4.79 Å². The van der Waals surface area contributed by atoms with Gasteiger partial charge in [0.15, 0.2) is 0 Å². The van der Waals surface area contributed by atoms with E-state index in [2.05, 4.69) is 0 Å². The molecule has 6 nitrogen and oxygen atoms in total. The number of hydrogen-bond donors (Lipinski definition) is 1. The number of carbonyl (C=O) groups is 2. The molecule has 24 heavy (non-hydrogen) atoms. The standard InChI is InChI=1S/C18H23N3O3/c1-18(2,3)24-17(23)21-9-6-12-4-5-13(10-15(12)21)16(22)20-8-7-14(19)11-20/h4-6,9-10,14H,7-8,11,19H2,1-3H3. The molecule has 0 saturated carbocycles. The van der Waals surface area contributed by atoms with Gasteiger partial charge in [0.2, 0.25) is 0 Å². The fraction of sp³-hybridized carbons (Fsp3) is 0.444. The van der Waals surface area contributed by atoms with Crippen LogP contribution in [0.4, 0.5) is 4.79 Å². The van der Waals surface area contributed by atoms with Crippen LogP contribution in [0.25, 0.3) is 10.9 Å². The average molecular weight is 329 g/mol. The second-order valence-corrected chi connectivity index (χ2v) is 7.24. The number of hydrogen-bond acceptors (Lipinski definition) is 4. The van der Waals surface area contributed by atoms with Crippen LogP contribution in [0.2, 0.25) is 0 Å². The Labute approximate surface area is 141 Å². The van der Waals surface area contributed by atoms with Crippen molar-refractivity contribution in [3.05, 3.63) is 36.0 Å². The summed E-state index contributed by atoms with van der Waals surface area (Å²) in [6.07, 6.45) is 2.03. The molecule has 1 amide bonds. The summed E-state index contributed by atoms with van der Waals surface area (Å²) in [5.74, 6) is -0.0539. The maximum atomic E-state index is 12.6. The second-order valence-electron chi connectivity index (χ2n) is 7.24. The van der Waals surface area contributed by atoms with E-state index in [9.17, 15) is 9.59 Å². The Morgan fingerprint density at radius 3 is 2.62 bits per heavy atom. The molecule has 1 atom stereocenters. The minimum atomic E-state index is -0.577. The van der Waals surface area contributed by atoms with Crippen LogP contribution in [0.15, 0.2) is 30.5 Å². The summed E-state index contributed by atoms with van der Waals surface area (Å²) in [5, 5.41) is 0.885. The first-order valence-corrected chi connectivity index (χ1v) is 8.14. The number of nitrogens with two attached hydrogens (primary N) is 1. The number of likely N-dealkylation sites (tertiary alicyclic amines) is 1. The van der Waals surface area contributed by atoms with E-state index >= 15 is 0 Å². The lowest BCUT2D eigenvalue weighted by Crippen LogP contribution is -2.31. The van der Waals surface area contributed by atoms with Crippen molar-refractivity contribution in [1.82, 2.24) is 9.47 Å². The lowest BCUT2D eigenvalue weighted by molar-refractivity contribution is 0.0544. The van der Waals surface area contributed by atoms with E-state index in [-0.39, 0.29) is 11.9 Å². The van der Waals surface area contributed by atoms with Gasteiger partial charge in [-0.1, -0.05) is 6.07 Å². The van der Waals surface area contributed by atoms with Gasteiger partial charge >= 0.3 is 6.09 Å². The Balaban J connectivity index is 1.91. The van der Waals surface area contributed by atoms with Crippen LogP contribution in [-0.4, -0.2) is 46.2 Å². The fourth-order valence-corrected chi connectivity index (χ4v) is 2.89. The van der Waals surface area contributed by atoms with Crippen LogP contribution >= 0.6 is 0 Å². The molecule has 1 saturated heterocycles. The van der Waals surface area contributed by atoms with Crippen molar-refractivity contribution in [2.24, 2.45) is 5.73 Å². The molecule has 1 fully saturated rings. The van der Waals surface area contributed by atoms with Crippen LogP contribution < -0.4 is 5.73 Å². The summed E-state index contributed by atoms with van der Waals surface area (Å²) >= 11 is 0. The molecule has 0 bridgehead atoms. The van der Waals surface area contributed by atoms with Gasteiger partial charge in [0.1, 0.15) is 5.60 Å². The van der Waals surface area contributed by atoms with Crippen molar-refractivity contribution in [2.45, 2.75) is 38.8 Å². The van der Waals surface area contributed by atoms with Gasteiger partial charge in [-0.15, -0.1) is 0 Å². The minimum absolute atomic E-state index is 0.0447. The summed E-state index contributed by atoms with van der Waals surface area (Å²) < 4.78 is 6.85. The third-order valence-electron chi connectivity index (χ3n) is 4.04. The maximum absolute atomic E-state index is 12.6. The zero-order valence-corrected chi connectivity index (χ0v) is 14.3. The van der Waals surface area contributed by atoms with Gasteiger partial charge < -0.3 is 15.4 Å². The molecule has 6 heteroatoms. The van der Waals surface area contributed by atoms with Crippen molar-refractivity contribution in [3.63, 3.8) is 0 Å². The number of nitrogens with zero attached hydrogens (tertiary/aromatic N) is 2. The van der Waals surface area contributed by atoms with Crippen molar-refractivity contribution < 1.29 is 14.3 Å². The number of rotatable bonds is 1. The van der Waals surface area contributed by atoms with Crippen molar-refractivity contribution in [2.75, 3.05) is 13.1 Å². The highest BCUT2D eigenvalue weighted by molar-refractivity contribution is 5.99. The first kappa shape index (κ1) is 16.5. The van der Waals surface area contributed by atoms with Gasteiger partial charge in [0.25, 0.3) is 5.91 Å². The largest absolute Gasteiger partial charge is 0.443 e. The van der Waals surface area contributed by atoms with Crippen LogP contribution in [0, 0.1) is 0 Å². The van der Waals surface area contributed by atoms with E-state index in [1.807, 2.05) is 32.9 Å². The normalized spacial score (nSPS) is 18.2. The van der Waals surface area contributed by atoms with Crippen molar-refractivity contribution >= 4 is 22.9 Å². The summed E-state index contributed by atoms with van der Waals surface area (Å²) in [7, 11) is 0. The Morgan fingerprint density at radius 2 is 2.00 bits per heavy atom. The Kier molecular flexibility index (Phi) is 4.09.